The first-order valence-electron chi connectivity index (χ1n) is 7.36. The van der Waals surface area contributed by atoms with Gasteiger partial charge >= 0.3 is 0 Å². The molecule has 0 N–H and O–H groups in total. The van der Waals surface area contributed by atoms with Crippen molar-refractivity contribution in [1.82, 2.24) is 9.88 Å². The second-order valence-electron chi connectivity index (χ2n) is 5.71. The van der Waals surface area contributed by atoms with Gasteiger partial charge in [0, 0.05) is 17.6 Å². The summed E-state index contributed by atoms with van der Waals surface area (Å²) in [6.45, 7) is 2.93. The minimum absolute atomic E-state index is 0.576. The molecule has 0 spiro atoms. The minimum atomic E-state index is 0.576. The molecule has 1 aromatic heterocycles. The highest BCUT2D eigenvalue weighted by molar-refractivity contribution is 5.82. The molecule has 21 heavy (non-hydrogen) atoms. The van der Waals surface area contributed by atoms with E-state index in [1.165, 1.54) is 0 Å². The van der Waals surface area contributed by atoms with Crippen LogP contribution in [0.4, 0.5) is 0 Å². The van der Waals surface area contributed by atoms with Gasteiger partial charge in [0.15, 0.2) is 0 Å². The highest BCUT2D eigenvalue weighted by atomic mass is 16.5. The van der Waals surface area contributed by atoms with E-state index in [9.17, 15) is 5.26 Å². The van der Waals surface area contributed by atoms with Crippen LogP contribution in [-0.4, -0.2) is 36.6 Å². The first kappa shape index (κ1) is 13.8. The van der Waals surface area contributed by atoms with Crippen LogP contribution in [0.2, 0.25) is 0 Å². The van der Waals surface area contributed by atoms with Crippen molar-refractivity contribution in [2.75, 3.05) is 26.7 Å². The molecule has 0 radical (unpaired) electrons. The van der Waals surface area contributed by atoms with Crippen molar-refractivity contribution < 1.29 is 4.74 Å². The Morgan fingerprint density at radius 3 is 2.95 bits per heavy atom. The Bertz CT molecular complexity index is 669. The van der Waals surface area contributed by atoms with Crippen molar-refractivity contribution in [3.8, 4) is 11.8 Å². The van der Waals surface area contributed by atoms with E-state index in [1.54, 1.807) is 6.20 Å². The first-order chi connectivity index (χ1) is 10.3. The van der Waals surface area contributed by atoms with E-state index in [-0.39, 0.29) is 0 Å². The number of hydrogen-bond acceptors (Lipinski definition) is 4. The van der Waals surface area contributed by atoms with Crippen molar-refractivity contribution >= 4 is 10.9 Å². The highest BCUT2D eigenvalue weighted by Crippen LogP contribution is 2.26. The average molecular weight is 281 g/mol. The molecule has 0 unspecified atom stereocenters. The SMILES string of the molecule is CN1CCC(COc2cc3ncccc3cc2C#N)CC1. The Hall–Kier alpha value is -2.12. The smallest absolute Gasteiger partial charge is 0.139 e. The Morgan fingerprint density at radius 2 is 2.19 bits per heavy atom. The molecule has 0 aliphatic carbocycles. The normalized spacial score (nSPS) is 16.8. The Morgan fingerprint density at radius 1 is 1.38 bits per heavy atom. The quantitative estimate of drug-likeness (QED) is 0.868. The Balaban J connectivity index is 1.75. The fourth-order valence-corrected chi connectivity index (χ4v) is 2.74. The maximum Gasteiger partial charge on any atom is 0.139 e. The Kier molecular flexibility index (Phi) is 4.03. The largest absolute Gasteiger partial charge is 0.492 e. The number of nitriles is 1. The second-order valence-corrected chi connectivity index (χ2v) is 5.71. The van der Waals surface area contributed by atoms with Gasteiger partial charge in [-0.25, -0.2) is 0 Å². The standard InChI is InChI=1S/C17H19N3O/c1-20-7-4-13(5-8-20)12-21-17-10-16-14(3-2-6-19-16)9-15(17)11-18/h2-3,6,9-10,13H,4-5,7-8,12H2,1H3. The summed E-state index contributed by atoms with van der Waals surface area (Å²) in [7, 11) is 2.15. The number of benzene rings is 1. The van der Waals surface area contributed by atoms with Crippen LogP contribution in [0.3, 0.4) is 0 Å². The molecular formula is C17H19N3O. The summed E-state index contributed by atoms with van der Waals surface area (Å²) in [5, 5.41) is 10.3. The van der Waals surface area contributed by atoms with Gasteiger partial charge in [0.2, 0.25) is 0 Å². The molecule has 1 aliphatic rings. The maximum atomic E-state index is 9.29. The molecule has 1 aliphatic heterocycles. The van der Waals surface area contributed by atoms with Gasteiger partial charge < -0.3 is 9.64 Å². The summed E-state index contributed by atoms with van der Waals surface area (Å²) < 4.78 is 5.93. The third-order valence-electron chi connectivity index (χ3n) is 4.14. The zero-order valence-electron chi connectivity index (χ0n) is 12.2. The number of piperidine rings is 1. The van der Waals surface area contributed by atoms with E-state index in [2.05, 4.69) is 23.0 Å². The molecule has 1 saturated heterocycles. The molecule has 0 bridgehead atoms. The first-order valence-corrected chi connectivity index (χ1v) is 7.36. The zero-order valence-corrected chi connectivity index (χ0v) is 12.2. The summed E-state index contributed by atoms with van der Waals surface area (Å²) in [5.41, 5.74) is 1.46. The number of nitrogens with zero attached hydrogens (tertiary/aromatic N) is 3. The van der Waals surface area contributed by atoms with Gasteiger partial charge in [-0.3, -0.25) is 4.98 Å². The summed E-state index contributed by atoms with van der Waals surface area (Å²) in [6.07, 6.45) is 4.07. The summed E-state index contributed by atoms with van der Waals surface area (Å²) >= 11 is 0. The van der Waals surface area contributed by atoms with Gasteiger partial charge in [-0.05, 0) is 51.0 Å². The van der Waals surface area contributed by atoms with Crippen LogP contribution in [0.15, 0.2) is 30.5 Å². The number of hydrogen-bond donors (Lipinski definition) is 0. The van der Waals surface area contributed by atoms with Crippen LogP contribution in [0.25, 0.3) is 10.9 Å². The Labute approximate surface area is 125 Å². The average Bonchev–Trinajstić information content (AvgIpc) is 2.53. The molecule has 4 heteroatoms. The fourth-order valence-electron chi connectivity index (χ4n) is 2.74. The lowest BCUT2D eigenvalue weighted by atomic mass is 9.98. The minimum Gasteiger partial charge on any atom is -0.492 e. The fraction of sp³-hybridized carbons (Fsp3) is 0.412. The monoisotopic (exact) mass is 281 g/mol. The summed E-state index contributed by atoms with van der Waals surface area (Å²) in [6, 6.07) is 9.79. The van der Waals surface area contributed by atoms with E-state index >= 15 is 0 Å². The zero-order chi connectivity index (χ0) is 14.7. The number of rotatable bonds is 3. The molecule has 2 aromatic rings. The van der Waals surface area contributed by atoms with Gasteiger partial charge in [-0.1, -0.05) is 6.07 Å². The van der Waals surface area contributed by atoms with Crippen LogP contribution in [0.1, 0.15) is 18.4 Å². The van der Waals surface area contributed by atoms with Gasteiger partial charge in [-0.15, -0.1) is 0 Å². The molecule has 3 rings (SSSR count). The number of fused-ring (bicyclic) bond motifs is 1. The van der Waals surface area contributed by atoms with Crippen LogP contribution in [0.5, 0.6) is 5.75 Å². The van der Waals surface area contributed by atoms with Crippen LogP contribution < -0.4 is 4.74 Å². The number of ether oxygens (including phenoxy) is 1. The third-order valence-corrected chi connectivity index (χ3v) is 4.14. The molecule has 0 amide bonds. The third kappa shape index (κ3) is 3.14. The van der Waals surface area contributed by atoms with Crippen molar-refractivity contribution in [2.24, 2.45) is 5.92 Å². The predicted molar refractivity (Wildman–Crippen MR) is 82.2 cm³/mol. The van der Waals surface area contributed by atoms with Gasteiger partial charge in [0.05, 0.1) is 17.7 Å². The lowest BCUT2D eigenvalue weighted by Gasteiger charge is -2.28. The van der Waals surface area contributed by atoms with Crippen molar-refractivity contribution in [1.29, 1.82) is 5.26 Å². The topological polar surface area (TPSA) is 49.1 Å². The van der Waals surface area contributed by atoms with Crippen molar-refractivity contribution in [3.63, 3.8) is 0 Å². The number of aromatic nitrogens is 1. The van der Waals surface area contributed by atoms with Crippen LogP contribution >= 0.6 is 0 Å². The summed E-state index contributed by atoms with van der Waals surface area (Å²) in [4.78, 5) is 6.67. The highest BCUT2D eigenvalue weighted by Gasteiger charge is 2.18. The molecule has 0 atom stereocenters. The molecule has 1 aromatic carbocycles. The summed E-state index contributed by atoms with van der Waals surface area (Å²) in [5.74, 6) is 1.23. The van der Waals surface area contributed by atoms with Gasteiger partial charge in [-0.2, -0.15) is 5.26 Å². The molecule has 108 valence electrons. The van der Waals surface area contributed by atoms with E-state index in [1.807, 2.05) is 24.3 Å². The van der Waals surface area contributed by atoms with Crippen LogP contribution in [-0.2, 0) is 0 Å². The van der Waals surface area contributed by atoms with E-state index < -0.39 is 0 Å². The maximum absolute atomic E-state index is 9.29. The van der Waals surface area contributed by atoms with Crippen LogP contribution in [0, 0.1) is 17.2 Å². The second kappa shape index (κ2) is 6.11. The lowest BCUT2D eigenvalue weighted by Crippen LogP contribution is -2.32. The predicted octanol–water partition coefficient (Wildman–Crippen LogP) is 2.83. The molecule has 0 saturated carbocycles. The van der Waals surface area contributed by atoms with Gasteiger partial charge in [0.1, 0.15) is 11.8 Å². The molecule has 1 fully saturated rings. The van der Waals surface area contributed by atoms with Crippen molar-refractivity contribution in [3.05, 3.63) is 36.0 Å². The molecular weight excluding hydrogens is 262 g/mol. The number of likely N-dealkylation sites (tertiary alicyclic amines) is 1. The van der Waals surface area contributed by atoms with Crippen molar-refractivity contribution in [2.45, 2.75) is 12.8 Å². The van der Waals surface area contributed by atoms with Gasteiger partial charge in [0.25, 0.3) is 0 Å². The lowest BCUT2D eigenvalue weighted by molar-refractivity contribution is 0.160. The molecule has 2 heterocycles. The van der Waals surface area contributed by atoms with E-state index in [4.69, 9.17) is 4.74 Å². The number of pyridine rings is 1. The molecule has 4 nitrogen and oxygen atoms in total. The van der Waals surface area contributed by atoms with E-state index in [0.29, 0.717) is 23.8 Å². The van der Waals surface area contributed by atoms with E-state index in [0.717, 1.165) is 36.8 Å².